The van der Waals surface area contributed by atoms with Crippen molar-refractivity contribution >= 4 is 27.5 Å². The lowest BCUT2D eigenvalue weighted by molar-refractivity contribution is 0.584. The first kappa shape index (κ1) is 9.42. The van der Waals surface area contributed by atoms with Gasteiger partial charge in [0.2, 0.25) is 0 Å². The molecule has 0 aromatic heterocycles. The Morgan fingerprint density at radius 3 is 2.75 bits per heavy atom. The first-order chi connectivity index (χ1) is 5.52. The molecule has 0 amide bonds. The van der Waals surface area contributed by atoms with Crippen molar-refractivity contribution in [2.45, 2.75) is 0 Å². The van der Waals surface area contributed by atoms with Gasteiger partial charge in [-0.25, -0.2) is 0 Å². The molecule has 1 heterocycles. The molecule has 2 nitrogen and oxygen atoms in total. The summed E-state index contributed by atoms with van der Waals surface area (Å²) in [6.45, 7) is 7.35. The van der Waals surface area contributed by atoms with Crippen LogP contribution in [0, 0.1) is 0 Å². The van der Waals surface area contributed by atoms with Gasteiger partial charge in [0.05, 0.1) is 15.3 Å². The van der Waals surface area contributed by atoms with Crippen molar-refractivity contribution in [2.75, 3.05) is 0 Å². The summed E-state index contributed by atoms with van der Waals surface area (Å²) in [6.07, 6.45) is 3.44. The Morgan fingerprint density at radius 1 is 1.67 bits per heavy atom. The van der Waals surface area contributed by atoms with Crippen molar-refractivity contribution in [2.24, 2.45) is 5.73 Å². The molecule has 0 radical (unpaired) electrons. The van der Waals surface area contributed by atoms with Gasteiger partial charge in [0.25, 0.3) is 0 Å². The maximum atomic E-state index is 5.82. The highest BCUT2D eigenvalue weighted by Gasteiger charge is 2.13. The van der Waals surface area contributed by atoms with Crippen LogP contribution in [0.3, 0.4) is 0 Å². The number of allylic oxidation sites excluding steroid dienone is 3. The van der Waals surface area contributed by atoms with Crippen LogP contribution in [0.2, 0.25) is 0 Å². The number of rotatable bonds is 1. The molecule has 2 N–H and O–H groups in total. The van der Waals surface area contributed by atoms with E-state index in [1.807, 2.05) is 0 Å². The molecule has 0 saturated heterocycles. The lowest BCUT2D eigenvalue weighted by Gasteiger charge is -2.24. The van der Waals surface area contributed by atoms with Crippen LogP contribution in [0.1, 0.15) is 0 Å². The van der Waals surface area contributed by atoms with E-state index < -0.39 is 0 Å². The normalized spacial score (nSPS) is 17.2. The predicted molar refractivity (Wildman–Crippen MR) is 55.3 cm³/mol. The van der Waals surface area contributed by atoms with Gasteiger partial charge in [-0.3, -0.25) is 0 Å². The van der Waals surface area contributed by atoms with Gasteiger partial charge in [-0.05, 0) is 22.0 Å². The fourth-order valence-electron chi connectivity index (χ4n) is 0.810. The summed E-state index contributed by atoms with van der Waals surface area (Å²) in [6, 6.07) is 0. The summed E-state index contributed by atoms with van der Waals surface area (Å²) < 4.78 is 0.767. The average Bonchev–Trinajstić information content (AvgIpc) is 1.96. The van der Waals surface area contributed by atoms with E-state index in [-0.39, 0.29) is 0 Å². The third kappa shape index (κ3) is 1.73. The lowest BCUT2D eigenvalue weighted by atomic mass is 10.3. The lowest BCUT2D eigenvalue weighted by Crippen LogP contribution is -2.21. The maximum absolute atomic E-state index is 5.82. The molecule has 64 valence electrons. The van der Waals surface area contributed by atoms with Crippen LogP contribution in [0.4, 0.5) is 0 Å². The smallest absolute Gasteiger partial charge is 0.0999 e. The second-order valence-electron chi connectivity index (χ2n) is 2.32. The second kappa shape index (κ2) is 3.37. The molecule has 0 aliphatic carbocycles. The summed E-state index contributed by atoms with van der Waals surface area (Å²) in [4.78, 5) is 1.65. The largest absolute Gasteiger partial charge is 0.385 e. The molecule has 0 bridgehead atoms. The van der Waals surface area contributed by atoms with Crippen LogP contribution in [0.25, 0.3) is 0 Å². The van der Waals surface area contributed by atoms with E-state index in [4.69, 9.17) is 17.3 Å². The highest BCUT2D eigenvalue weighted by atomic mass is 79.9. The Bertz CT molecular complexity index is 304. The van der Waals surface area contributed by atoms with Crippen LogP contribution in [0.15, 0.2) is 46.5 Å². The Kier molecular flexibility index (Phi) is 2.65. The fourth-order valence-corrected chi connectivity index (χ4v) is 1.30. The summed E-state index contributed by atoms with van der Waals surface area (Å²) in [5, 5.41) is 0.609. The van der Waals surface area contributed by atoms with Crippen LogP contribution in [0.5, 0.6) is 0 Å². The molecule has 0 unspecified atom stereocenters. The van der Waals surface area contributed by atoms with E-state index in [0.717, 1.165) is 4.48 Å². The fraction of sp³-hybridized carbons (Fsp3) is 0. The third-order valence-electron chi connectivity index (χ3n) is 1.38. The van der Waals surface area contributed by atoms with Gasteiger partial charge in [0.1, 0.15) is 0 Å². The van der Waals surface area contributed by atoms with Crippen LogP contribution in [-0.4, -0.2) is 4.90 Å². The van der Waals surface area contributed by atoms with Crippen molar-refractivity contribution < 1.29 is 0 Å². The summed E-state index contributed by atoms with van der Waals surface area (Å²) in [5.74, 6) is 0.414. The quantitative estimate of drug-likeness (QED) is 0.772. The zero-order chi connectivity index (χ0) is 9.30. The molecule has 0 aromatic rings. The van der Waals surface area contributed by atoms with Crippen LogP contribution >= 0.6 is 27.5 Å². The molecule has 0 fully saturated rings. The molecule has 12 heavy (non-hydrogen) atoms. The van der Waals surface area contributed by atoms with Gasteiger partial charge in [0.15, 0.2) is 0 Å². The Morgan fingerprint density at radius 2 is 2.25 bits per heavy atom. The molecule has 0 spiro atoms. The van der Waals surface area contributed by atoms with Crippen molar-refractivity contribution in [3.05, 3.63) is 46.5 Å². The SMILES string of the molecule is C=C(N)N1C=C(Br)C(Cl)=CC1=C. The Hall–Kier alpha value is -0.670. The van der Waals surface area contributed by atoms with Gasteiger partial charge >= 0.3 is 0 Å². The van der Waals surface area contributed by atoms with E-state index in [9.17, 15) is 0 Å². The third-order valence-corrected chi connectivity index (χ3v) is 2.56. The molecule has 0 atom stereocenters. The Balaban J connectivity index is 2.99. The van der Waals surface area contributed by atoms with Crippen LogP contribution in [-0.2, 0) is 0 Å². The Labute approximate surface area is 84.8 Å². The monoisotopic (exact) mass is 246 g/mol. The minimum Gasteiger partial charge on any atom is -0.385 e. The molecule has 0 aromatic carbocycles. The van der Waals surface area contributed by atoms with E-state index in [0.29, 0.717) is 16.6 Å². The highest BCUT2D eigenvalue weighted by Crippen LogP contribution is 2.29. The van der Waals surface area contributed by atoms with Crippen molar-refractivity contribution in [3.63, 3.8) is 0 Å². The summed E-state index contributed by atoms with van der Waals surface area (Å²) in [5.41, 5.74) is 6.20. The summed E-state index contributed by atoms with van der Waals surface area (Å²) >= 11 is 9.09. The number of hydrogen-bond acceptors (Lipinski definition) is 2. The van der Waals surface area contributed by atoms with E-state index in [2.05, 4.69) is 29.1 Å². The predicted octanol–water partition coefficient (Wildman–Crippen LogP) is 2.60. The first-order valence-electron chi connectivity index (χ1n) is 3.20. The second-order valence-corrected chi connectivity index (χ2v) is 3.58. The standard InChI is InChI=1S/C8H8BrClN2/c1-5-3-8(10)7(9)4-12(5)6(2)11/h3-4H,1-2,11H2. The molecule has 0 saturated carbocycles. The van der Waals surface area contributed by atoms with Crippen molar-refractivity contribution in [1.29, 1.82) is 0 Å². The minimum absolute atomic E-state index is 0.414. The van der Waals surface area contributed by atoms with E-state index >= 15 is 0 Å². The zero-order valence-corrected chi connectivity index (χ0v) is 8.69. The molecule has 1 rings (SSSR count). The molecular formula is C8H8BrClN2. The number of nitrogens with zero attached hydrogens (tertiary/aromatic N) is 1. The highest BCUT2D eigenvalue weighted by molar-refractivity contribution is 9.12. The summed E-state index contributed by atoms with van der Waals surface area (Å²) in [7, 11) is 0. The zero-order valence-electron chi connectivity index (χ0n) is 6.35. The van der Waals surface area contributed by atoms with Crippen LogP contribution < -0.4 is 5.73 Å². The topological polar surface area (TPSA) is 29.3 Å². The van der Waals surface area contributed by atoms with Gasteiger partial charge in [-0.1, -0.05) is 24.8 Å². The van der Waals surface area contributed by atoms with E-state index in [1.54, 1.807) is 17.2 Å². The van der Waals surface area contributed by atoms with Gasteiger partial charge < -0.3 is 10.6 Å². The number of hydrogen-bond donors (Lipinski definition) is 1. The van der Waals surface area contributed by atoms with Crippen molar-refractivity contribution in [1.82, 2.24) is 4.90 Å². The minimum atomic E-state index is 0.414. The maximum Gasteiger partial charge on any atom is 0.0999 e. The van der Waals surface area contributed by atoms with Gasteiger partial charge in [0, 0.05) is 11.9 Å². The number of nitrogens with two attached hydrogens (primary N) is 1. The van der Waals surface area contributed by atoms with Gasteiger partial charge in [-0.2, -0.15) is 0 Å². The molecule has 4 heteroatoms. The van der Waals surface area contributed by atoms with Crippen molar-refractivity contribution in [3.8, 4) is 0 Å². The molecular weight excluding hydrogens is 239 g/mol. The van der Waals surface area contributed by atoms with E-state index in [1.165, 1.54) is 0 Å². The molecule has 1 aliphatic heterocycles. The first-order valence-corrected chi connectivity index (χ1v) is 4.37. The average molecular weight is 248 g/mol. The van der Waals surface area contributed by atoms with Gasteiger partial charge in [-0.15, -0.1) is 0 Å². The number of halogens is 2. The molecule has 1 aliphatic rings.